The van der Waals surface area contributed by atoms with Crippen molar-refractivity contribution in [1.29, 1.82) is 0 Å². The minimum absolute atomic E-state index is 0.145. The Balaban J connectivity index is 1.93. The van der Waals surface area contributed by atoms with E-state index >= 15 is 0 Å². The van der Waals surface area contributed by atoms with Gasteiger partial charge in [-0.2, -0.15) is 0 Å². The zero-order valence-electron chi connectivity index (χ0n) is 11.7. The van der Waals surface area contributed by atoms with E-state index in [0.29, 0.717) is 13.2 Å². The highest BCUT2D eigenvalue weighted by molar-refractivity contribution is 9.10. The van der Waals surface area contributed by atoms with Crippen LogP contribution in [-0.4, -0.2) is 31.8 Å². The first-order valence-electron chi connectivity index (χ1n) is 6.54. The van der Waals surface area contributed by atoms with Gasteiger partial charge in [-0.1, -0.05) is 0 Å². The quantitative estimate of drug-likeness (QED) is 0.834. The van der Waals surface area contributed by atoms with Crippen molar-refractivity contribution in [3.8, 4) is 11.5 Å². The Morgan fingerprint density at radius 2 is 1.74 bits per heavy atom. The lowest BCUT2D eigenvalue weighted by molar-refractivity contribution is 0.171. The predicted molar refractivity (Wildman–Crippen MR) is 81.4 cm³/mol. The summed E-state index contributed by atoms with van der Waals surface area (Å²) in [4.78, 5) is 0. The molecule has 0 saturated carbocycles. The lowest BCUT2D eigenvalue weighted by Gasteiger charge is -2.22. The molecule has 0 bridgehead atoms. The molecule has 4 nitrogen and oxygen atoms in total. The molecule has 1 aromatic carbocycles. The zero-order chi connectivity index (χ0) is 13.9. The number of halogens is 1. The molecule has 0 spiro atoms. The van der Waals surface area contributed by atoms with Crippen molar-refractivity contribution in [3.05, 3.63) is 16.6 Å². The van der Waals surface area contributed by atoms with Crippen LogP contribution >= 0.6 is 15.9 Å². The van der Waals surface area contributed by atoms with Gasteiger partial charge in [-0.3, -0.25) is 0 Å². The van der Waals surface area contributed by atoms with E-state index in [1.165, 1.54) is 0 Å². The molecule has 1 aliphatic rings. The van der Waals surface area contributed by atoms with Crippen LogP contribution in [0.2, 0.25) is 0 Å². The molecule has 0 saturated heterocycles. The van der Waals surface area contributed by atoms with Crippen molar-refractivity contribution in [2.24, 2.45) is 0 Å². The molecule has 2 N–H and O–H groups in total. The smallest absolute Gasteiger partial charge is 0.163 e. The summed E-state index contributed by atoms with van der Waals surface area (Å²) in [5.41, 5.74) is 1.17. The Morgan fingerprint density at radius 1 is 1.11 bits per heavy atom. The van der Waals surface area contributed by atoms with E-state index in [1.807, 2.05) is 12.1 Å². The maximum atomic E-state index is 5.58. The third-order valence-electron chi connectivity index (χ3n) is 2.73. The molecule has 0 fully saturated rings. The molecule has 0 amide bonds. The minimum Gasteiger partial charge on any atom is -0.486 e. The summed E-state index contributed by atoms with van der Waals surface area (Å²) in [6, 6.07) is 3.93. The van der Waals surface area contributed by atoms with Crippen molar-refractivity contribution in [3.63, 3.8) is 0 Å². The van der Waals surface area contributed by atoms with Gasteiger partial charge in [0.2, 0.25) is 0 Å². The average Bonchev–Trinajstić information content (AvgIpc) is 2.33. The topological polar surface area (TPSA) is 42.5 Å². The van der Waals surface area contributed by atoms with Crippen molar-refractivity contribution in [2.45, 2.75) is 26.3 Å². The fraction of sp³-hybridized carbons (Fsp3) is 0.571. The summed E-state index contributed by atoms with van der Waals surface area (Å²) in [6.45, 7) is 9.47. The number of rotatable bonds is 4. The molecule has 0 radical (unpaired) electrons. The van der Waals surface area contributed by atoms with Gasteiger partial charge >= 0.3 is 0 Å². The number of hydrogen-bond acceptors (Lipinski definition) is 4. The largest absolute Gasteiger partial charge is 0.486 e. The lowest BCUT2D eigenvalue weighted by Crippen LogP contribution is -2.38. The fourth-order valence-electron chi connectivity index (χ4n) is 1.83. The maximum absolute atomic E-state index is 5.58. The van der Waals surface area contributed by atoms with Gasteiger partial charge in [0.25, 0.3) is 0 Å². The van der Waals surface area contributed by atoms with E-state index in [0.717, 1.165) is 34.7 Å². The maximum Gasteiger partial charge on any atom is 0.163 e. The summed E-state index contributed by atoms with van der Waals surface area (Å²) in [7, 11) is 0. The SMILES string of the molecule is CC(C)(C)NCCNc1cc2c(cc1Br)OCCO2. The van der Waals surface area contributed by atoms with Crippen LogP contribution in [0.5, 0.6) is 11.5 Å². The normalized spacial score (nSPS) is 14.3. The molecule has 1 heterocycles. The van der Waals surface area contributed by atoms with Crippen LogP contribution in [0.15, 0.2) is 16.6 Å². The second-order valence-electron chi connectivity index (χ2n) is 5.58. The molecule has 2 rings (SSSR count). The monoisotopic (exact) mass is 328 g/mol. The molecule has 0 atom stereocenters. The molecule has 5 heteroatoms. The first-order valence-corrected chi connectivity index (χ1v) is 7.33. The Kier molecular flexibility index (Phi) is 4.58. The summed E-state index contributed by atoms with van der Waals surface area (Å²) in [6.07, 6.45) is 0. The first-order chi connectivity index (χ1) is 8.96. The number of benzene rings is 1. The van der Waals surface area contributed by atoms with Crippen LogP contribution in [0, 0.1) is 0 Å². The van der Waals surface area contributed by atoms with Gasteiger partial charge in [0.05, 0.1) is 5.69 Å². The highest BCUT2D eigenvalue weighted by atomic mass is 79.9. The van der Waals surface area contributed by atoms with Crippen LogP contribution in [0.4, 0.5) is 5.69 Å². The van der Waals surface area contributed by atoms with Crippen molar-refractivity contribution in [1.82, 2.24) is 5.32 Å². The van der Waals surface area contributed by atoms with Gasteiger partial charge in [0.1, 0.15) is 13.2 Å². The van der Waals surface area contributed by atoms with Crippen molar-refractivity contribution in [2.75, 3.05) is 31.6 Å². The number of nitrogens with one attached hydrogen (secondary N) is 2. The predicted octanol–water partition coefficient (Wildman–Crippen LogP) is 3.02. The summed E-state index contributed by atoms with van der Waals surface area (Å²) in [5.74, 6) is 1.61. The Morgan fingerprint density at radius 3 is 2.37 bits per heavy atom. The van der Waals surface area contributed by atoms with Gasteiger partial charge in [-0.25, -0.2) is 0 Å². The number of ether oxygens (including phenoxy) is 2. The lowest BCUT2D eigenvalue weighted by atomic mass is 10.1. The Hall–Kier alpha value is -0.940. The second kappa shape index (κ2) is 6.01. The standard InChI is InChI=1S/C14H21BrN2O2/c1-14(2,3)17-5-4-16-11-9-13-12(8-10(11)15)18-6-7-19-13/h8-9,16-17H,4-7H2,1-3H3. The van der Waals surface area contributed by atoms with E-state index in [4.69, 9.17) is 9.47 Å². The molecule has 0 unspecified atom stereocenters. The first kappa shape index (κ1) is 14.5. The van der Waals surface area contributed by atoms with E-state index in [1.54, 1.807) is 0 Å². The molecular weight excluding hydrogens is 308 g/mol. The molecule has 106 valence electrons. The minimum atomic E-state index is 0.145. The molecule has 0 aliphatic carbocycles. The van der Waals surface area contributed by atoms with Gasteiger partial charge in [0.15, 0.2) is 11.5 Å². The zero-order valence-corrected chi connectivity index (χ0v) is 13.3. The Labute approximate surface area is 123 Å². The third-order valence-corrected chi connectivity index (χ3v) is 3.38. The van der Waals surface area contributed by atoms with Crippen molar-refractivity contribution < 1.29 is 9.47 Å². The van der Waals surface area contributed by atoms with E-state index in [2.05, 4.69) is 47.3 Å². The van der Waals surface area contributed by atoms with E-state index < -0.39 is 0 Å². The molecule has 1 aliphatic heterocycles. The van der Waals surface area contributed by atoms with Crippen LogP contribution in [-0.2, 0) is 0 Å². The number of fused-ring (bicyclic) bond motifs is 1. The van der Waals surface area contributed by atoms with Gasteiger partial charge < -0.3 is 20.1 Å². The summed E-state index contributed by atoms with van der Waals surface area (Å²) >= 11 is 3.55. The van der Waals surface area contributed by atoms with E-state index in [9.17, 15) is 0 Å². The van der Waals surface area contributed by atoms with E-state index in [-0.39, 0.29) is 5.54 Å². The number of hydrogen-bond donors (Lipinski definition) is 2. The van der Waals surface area contributed by atoms with Crippen molar-refractivity contribution >= 4 is 21.6 Å². The number of anilines is 1. The van der Waals surface area contributed by atoms with Crippen LogP contribution < -0.4 is 20.1 Å². The third kappa shape index (κ3) is 4.28. The van der Waals surface area contributed by atoms with Crippen LogP contribution in [0.25, 0.3) is 0 Å². The highest BCUT2D eigenvalue weighted by Gasteiger charge is 2.14. The van der Waals surface area contributed by atoms with Gasteiger partial charge in [-0.15, -0.1) is 0 Å². The molecular formula is C14H21BrN2O2. The summed E-state index contributed by atoms with van der Waals surface area (Å²) in [5, 5.41) is 6.83. The average molecular weight is 329 g/mol. The summed E-state index contributed by atoms with van der Waals surface area (Å²) < 4.78 is 12.1. The second-order valence-corrected chi connectivity index (χ2v) is 6.43. The van der Waals surface area contributed by atoms with Gasteiger partial charge in [0, 0.05) is 35.2 Å². The fourth-order valence-corrected chi connectivity index (χ4v) is 2.30. The van der Waals surface area contributed by atoms with Crippen LogP contribution in [0.1, 0.15) is 20.8 Å². The Bertz CT molecular complexity index is 444. The highest BCUT2D eigenvalue weighted by Crippen LogP contribution is 2.37. The van der Waals surface area contributed by atoms with Gasteiger partial charge in [-0.05, 0) is 36.7 Å². The molecule has 0 aromatic heterocycles. The molecule has 1 aromatic rings. The molecule has 19 heavy (non-hydrogen) atoms. The van der Waals surface area contributed by atoms with Crippen LogP contribution in [0.3, 0.4) is 0 Å².